The first-order valence-corrected chi connectivity index (χ1v) is 8.34. The van der Waals surface area contributed by atoms with Crippen LogP contribution in [0, 0.1) is 0 Å². The summed E-state index contributed by atoms with van der Waals surface area (Å²) < 4.78 is 1.02. The van der Waals surface area contributed by atoms with Crippen LogP contribution in [-0.4, -0.2) is 23.1 Å². The molecule has 0 aliphatic heterocycles. The molecule has 2 rings (SSSR count). The Morgan fingerprint density at radius 1 is 1.12 bits per heavy atom. The van der Waals surface area contributed by atoms with E-state index in [2.05, 4.69) is 47.7 Å². The van der Waals surface area contributed by atoms with Crippen LogP contribution in [0.3, 0.4) is 0 Å². The average molecular weight is 455 g/mol. The Morgan fingerprint density at radius 3 is 2.25 bits per heavy atom. The molecular formula is C16H13Br2N3O3. The first-order valence-electron chi connectivity index (χ1n) is 6.76. The van der Waals surface area contributed by atoms with Gasteiger partial charge in [-0.1, -0.05) is 0 Å². The van der Waals surface area contributed by atoms with Crippen molar-refractivity contribution < 1.29 is 14.7 Å². The molecule has 0 unspecified atom stereocenters. The van der Waals surface area contributed by atoms with Crippen LogP contribution in [0.4, 0.5) is 5.69 Å². The molecule has 0 aliphatic carbocycles. The Labute approximate surface area is 155 Å². The van der Waals surface area contributed by atoms with Crippen LogP contribution in [0.2, 0.25) is 0 Å². The van der Waals surface area contributed by atoms with Gasteiger partial charge in [0.1, 0.15) is 5.75 Å². The Morgan fingerprint density at radius 2 is 1.71 bits per heavy atom. The van der Waals surface area contributed by atoms with Crippen molar-refractivity contribution in [3.8, 4) is 5.75 Å². The van der Waals surface area contributed by atoms with Crippen molar-refractivity contribution >= 4 is 55.6 Å². The van der Waals surface area contributed by atoms with E-state index in [0.29, 0.717) is 25.8 Å². The minimum absolute atomic E-state index is 0.0930. The maximum atomic E-state index is 12.0. The van der Waals surface area contributed by atoms with Crippen LogP contribution in [-0.2, 0) is 4.79 Å². The number of nitrogens with one attached hydrogen (secondary N) is 2. The smallest absolute Gasteiger partial charge is 0.271 e. The van der Waals surface area contributed by atoms with Gasteiger partial charge < -0.3 is 10.4 Å². The molecule has 0 heterocycles. The number of carbonyl (C=O) groups is 2. The van der Waals surface area contributed by atoms with Crippen molar-refractivity contribution in [2.45, 2.75) is 6.92 Å². The number of amides is 2. The topological polar surface area (TPSA) is 90.8 Å². The van der Waals surface area contributed by atoms with E-state index in [1.807, 2.05) is 0 Å². The Bertz CT molecular complexity index is 782. The fourth-order valence-corrected chi connectivity index (χ4v) is 3.02. The Hall–Kier alpha value is -2.19. The number of phenolic OH excluding ortho intramolecular Hbond substituents is 1. The second-order valence-corrected chi connectivity index (χ2v) is 6.50. The van der Waals surface area contributed by atoms with Crippen LogP contribution in [0.25, 0.3) is 0 Å². The highest BCUT2D eigenvalue weighted by atomic mass is 79.9. The number of carbonyl (C=O) groups excluding carboxylic acids is 2. The van der Waals surface area contributed by atoms with E-state index in [1.165, 1.54) is 13.1 Å². The summed E-state index contributed by atoms with van der Waals surface area (Å²) in [5.41, 5.74) is 4.12. The van der Waals surface area contributed by atoms with Crippen LogP contribution in [0.5, 0.6) is 5.75 Å². The number of benzene rings is 2. The molecule has 0 spiro atoms. The quantitative estimate of drug-likeness (QED) is 0.486. The summed E-state index contributed by atoms with van der Waals surface area (Å²) in [4.78, 5) is 22.9. The van der Waals surface area contributed by atoms with Crippen molar-refractivity contribution in [1.82, 2.24) is 5.43 Å². The van der Waals surface area contributed by atoms with Gasteiger partial charge in [-0.15, -0.1) is 0 Å². The number of rotatable bonds is 4. The number of aromatic hydroxyl groups is 1. The highest BCUT2D eigenvalue weighted by Gasteiger charge is 2.06. The van der Waals surface area contributed by atoms with Crippen molar-refractivity contribution in [3.05, 3.63) is 56.5 Å². The van der Waals surface area contributed by atoms with Gasteiger partial charge in [0.2, 0.25) is 5.91 Å². The molecule has 0 saturated carbocycles. The van der Waals surface area contributed by atoms with Gasteiger partial charge >= 0.3 is 0 Å². The maximum Gasteiger partial charge on any atom is 0.271 e. The summed E-state index contributed by atoms with van der Waals surface area (Å²) in [7, 11) is 0. The van der Waals surface area contributed by atoms with E-state index in [4.69, 9.17) is 0 Å². The lowest BCUT2D eigenvalue weighted by Crippen LogP contribution is -2.17. The zero-order valence-electron chi connectivity index (χ0n) is 12.5. The van der Waals surface area contributed by atoms with Crippen molar-refractivity contribution in [2.75, 3.05) is 5.32 Å². The predicted molar refractivity (Wildman–Crippen MR) is 99.3 cm³/mol. The molecule has 0 saturated heterocycles. The van der Waals surface area contributed by atoms with Gasteiger partial charge in [0.15, 0.2) is 0 Å². The molecule has 0 atom stereocenters. The fraction of sp³-hybridized carbons (Fsp3) is 0.0625. The largest absolute Gasteiger partial charge is 0.506 e. The zero-order valence-corrected chi connectivity index (χ0v) is 15.7. The molecule has 2 aromatic carbocycles. The van der Waals surface area contributed by atoms with Crippen LogP contribution < -0.4 is 10.7 Å². The third-order valence-corrected chi connectivity index (χ3v) is 4.10. The SMILES string of the molecule is CC(=O)Nc1ccc(C(=O)NN=Cc2cc(Br)c(O)c(Br)c2)cc1. The molecule has 3 N–H and O–H groups in total. The zero-order chi connectivity index (χ0) is 17.7. The molecule has 0 radical (unpaired) electrons. The minimum atomic E-state index is -0.377. The number of hydrogen-bond acceptors (Lipinski definition) is 4. The molecular weight excluding hydrogens is 442 g/mol. The summed E-state index contributed by atoms with van der Waals surface area (Å²) in [6, 6.07) is 9.77. The number of halogens is 2. The third kappa shape index (κ3) is 4.90. The van der Waals surface area contributed by atoms with Crippen LogP contribution in [0.1, 0.15) is 22.8 Å². The van der Waals surface area contributed by atoms with Crippen LogP contribution in [0.15, 0.2) is 50.4 Å². The van der Waals surface area contributed by atoms with Crippen molar-refractivity contribution in [3.63, 3.8) is 0 Å². The second-order valence-electron chi connectivity index (χ2n) is 4.79. The molecule has 6 nitrogen and oxygen atoms in total. The molecule has 2 aromatic rings. The van der Waals surface area contributed by atoms with Gasteiger partial charge in [0.05, 0.1) is 15.2 Å². The summed E-state index contributed by atoms with van der Waals surface area (Å²) in [5.74, 6) is -0.462. The highest BCUT2D eigenvalue weighted by molar-refractivity contribution is 9.11. The van der Waals surface area contributed by atoms with Gasteiger partial charge in [-0.3, -0.25) is 9.59 Å². The minimum Gasteiger partial charge on any atom is -0.506 e. The lowest BCUT2D eigenvalue weighted by molar-refractivity contribution is -0.114. The van der Waals surface area contributed by atoms with Crippen LogP contribution >= 0.6 is 31.9 Å². The third-order valence-electron chi connectivity index (χ3n) is 2.89. The van der Waals surface area contributed by atoms with E-state index in [0.717, 1.165) is 0 Å². The predicted octanol–water partition coefficient (Wildman–Crippen LogP) is 3.64. The van der Waals surface area contributed by atoms with Crippen molar-refractivity contribution in [2.24, 2.45) is 5.10 Å². The Kier molecular flexibility index (Phi) is 6.10. The van der Waals surface area contributed by atoms with E-state index in [-0.39, 0.29) is 17.6 Å². The van der Waals surface area contributed by atoms with E-state index in [9.17, 15) is 14.7 Å². The summed E-state index contributed by atoms with van der Waals surface area (Å²) >= 11 is 6.44. The molecule has 0 aliphatic rings. The maximum absolute atomic E-state index is 12.0. The summed E-state index contributed by atoms with van der Waals surface area (Å²) in [6.45, 7) is 1.41. The lowest BCUT2D eigenvalue weighted by Gasteiger charge is -2.04. The lowest BCUT2D eigenvalue weighted by atomic mass is 10.2. The van der Waals surface area contributed by atoms with Gasteiger partial charge in [-0.2, -0.15) is 5.10 Å². The van der Waals surface area contributed by atoms with E-state index >= 15 is 0 Å². The number of hydrazone groups is 1. The number of phenols is 1. The molecule has 24 heavy (non-hydrogen) atoms. The normalized spacial score (nSPS) is 10.6. The fourth-order valence-electron chi connectivity index (χ4n) is 1.80. The summed E-state index contributed by atoms with van der Waals surface area (Å²) in [6.07, 6.45) is 1.46. The van der Waals surface area contributed by atoms with E-state index in [1.54, 1.807) is 36.4 Å². The standard InChI is InChI=1S/C16H13Br2N3O3/c1-9(22)20-12-4-2-11(3-5-12)16(24)21-19-8-10-6-13(17)15(23)14(18)7-10/h2-8,23H,1H3,(H,20,22)(H,21,24). The molecule has 0 fully saturated rings. The molecule has 124 valence electrons. The number of hydrogen-bond donors (Lipinski definition) is 3. The summed E-state index contributed by atoms with van der Waals surface area (Å²) in [5, 5.41) is 16.1. The molecule has 0 bridgehead atoms. The van der Waals surface area contributed by atoms with Gasteiger partial charge in [-0.05, 0) is 73.8 Å². The molecule has 8 heteroatoms. The molecule has 0 aromatic heterocycles. The van der Waals surface area contributed by atoms with Crippen molar-refractivity contribution in [1.29, 1.82) is 0 Å². The highest BCUT2D eigenvalue weighted by Crippen LogP contribution is 2.32. The first kappa shape index (κ1) is 18.2. The first-order chi connectivity index (χ1) is 11.4. The van der Waals surface area contributed by atoms with Gasteiger partial charge in [0, 0.05) is 18.2 Å². The van der Waals surface area contributed by atoms with Gasteiger partial charge in [-0.25, -0.2) is 5.43 Å². The molecule has 2 amide bonds. The second kappa shape index (κ2) is 8.07. The average Bonchev–Trinajstić information content (AvgIpc) is 2.52. The number of anilines is 1. The monoisotopic (exact) mass is 453 g/mol. The van der Waals surface area contributed by atoms with E-state index < -0.39 is 0 Å². The Balaban J connectivity index is 2.01. The van der Waals surface area contributed by atoms with Gasteiger partial charge in [0.25, 0.3) is 5.91 Å². The number of nitrogens with zero attached hydrogens (tertiary/aromatic N) is 1.